The first-order valence-electron chi connectivity index (χ1n) is 11.0. The van der Waals surface area contributed by atoms with Crippen molar-refractivity contribution in [3.8, 4) is 5.75 Å². The molecule has 1 fully saturated rings. The number of fused-ring (bicyclic) bond motifs is 1. The van der Waals surface area contributed by atoms with Gasteiger partial charge in [0.05, 0.1) is 16.2 Å². The molecule has 1 N–H and O–H groups in total. The Balaban J connectivity index is 1.45. The van der Waals surface area contributed by atoms with Crippen molar-refractivity contribution in [1.82, 2.24) is 0 Å². The standard InChI is InChI=1S/C24H25N3O7/c1-14-7-15(2)11-26(10-14)19-5-3-17(9-20(19)27(31)32)24(30)34-12-21(28)16-4-6-22-18(8-16)25-23(29)13-33-22/h3-6,8-9,14-15H,7,10-13H2,1-2H3,(H,25,29). The van der Waals surface area contributed by atoms with Gasteiger partial charge >= 0.3 is 5.97 Å². The second-order valence-electron chi connectivity index (χ2n) is 8.86. The minimum Gasteiger partial charge on any atom is -0.482 e. The highest BCUT2D eigenvalue weighted by Crippen LogP contribution is 2.34. The second kappa shape index (κ2) is 9.50. The third-order valence-electron chi connectivity index (χ3n) is 5.89. The van der Waals surface area contributed by atoms with Crippen LogP contribution < -0.4 is 15.0 Å². The molecule has 178 valence electrons. The van der Waals surface area contributed by atoms with Crippen molar-refractivity contribution in [3.63, 3.8) is 0 Å². The summed E-state index contributed by atoms with van der Waals surface area (Å²) in [7, 11) is 0. The van der Waals surface area contributed by atoms with Crippen molar-refractivity contribution < 1.29 is 28.8 Å². The van der Waals surface area contributed by atoms with Gasteiger partial charge in [-0.15, -0.1) is 0 Å². The van der Waals surface area contributed by atoms with Crippen molar-refractivity contribution in [3.05, 3.63) is 57.6 Å². The SMILES string of the molecule is CC1CC(C)CN(c2ccc(C(=O)OCC(=O)c3ccc4c(c3)NC(=O)CO4)cc2[N+](=O)[O-])C1. The van der Waals surface area contributed by atoms with E-state index in [-0.39, 0.29) is 29.3 Å². The summed E-state index contributed by atoms with van der Waals surface area (Å²) in [5.74, 6) is -0.401. The number of anilines is 2. The number of ether oxygens (including phenoxy) is 2. The number of nitro benzene ring substituents is 1. The molecule has 0 saturated carbocycles. The van der Waals surface area contributed by atoms with Crippen LogP contribution in [0.3, 0.4) is 0 Å². The molecule has 0 aromatic heterocycles. The number of ketones is 1. The molecule has 2 aromatic carbocycles. The highest BCUT2D eigenvalue weighted by Gasteiger charge is 2.28. The highest BCUT2D eigenvalue weighted by atomic mass is 16.6. The van der Waals surface area contributed by atoms with Gasteiger partial charge in [-0.2, -0.15) is 0 Å². The average Bonchev–Trinajstić information content (AvgIpc) is 2.80. The molecular weight excluding hydrogens is 442 g/mol. The van der Waals surface area contributed by atoms with Gasteiger partial charge in [0.2, 0.25) is 0 Å². The number of Topliss-reactive ketones (excluding diaryl/α,β-unsaturated/α-hetero) is 1. The van der Waals surface area contributed by atoms with E-state index in [9.17, 15) is 24.5 Å². The van der Waals surface area contributed by atoms with E-state index < -0.39 is 23.3 Å². The van der Waals surface area contributed by atoms with Crippen LogP contribution in [0.2, 0.25) is 0 Å². The summed E-state index contributed by atoms with van der Waals surface area (Å²) in [5, 5.41) is 14.3. The Hall–Kier alpha value is -3.95. The largest absolute Gasteiger partial charge is 0.482 e. The van der Waals surface area contributed by atoms with Crippen molar-refractivity contribution in [1.29, 1.82) is 0 Å². The van der Waals surface area contributed by atoms with Crippen LogP contribution >= 0.6 is 0 Å². The quantitative estimate of drug-likeness (QED) is 0.296. The number of esters is 1. The Bertz CT molecular complexity index is 1150. The molecule has 2 heterocycles. The molecule has 4 rings (SSSR count). The topological polar surface area (TPSA) is 128 Å². The second-order valence-corrected chi connectivity index (χ2v) is 8.86. The van der Waals surface area contributed by atoms with E-state index in [4.69, 9.17) is 9.47 Å². The van der Waals surface area contributed by atoms with E-state index in [1.807, 2.05) is 4.90 Å². The van der Waals surface area contributed by atoms with Crippen LogP contribution in [0, 0.1) is 22.0 Å². The zero-order valence-electron chi connectivity index (χ0n) is 18.9. The van der Waals surface area contributed by atoms with Crippen molar-refractivity contribution in [2.24, 2.45) is 11.8 Å². The number of hydrogen-bond acceptors (Lipinski definition) is 8. The summed E-state index contributed by atoms with van der Waals surface area (Å²) < 4.78 is 10.4. The number of carbonyl (C=O) groups is 3. The maximum absolute atomic E-state index is 12.5. The number of hydrogen-bond donors (Lipinski definition) is 1. The summed E-state index contributed by atoms with van der Waals surface area (Å²) in [6.07, 6.45) is 1.06. The number of nitrogens with one attached hydrogen (secondary N) is 1. The van der Waals surface area contributed by atoms with E-state index in [1.165, 1.54) is 24.3 Å². The third kappa shape index (κ3) is 5.00. The Morgan fingerprint density at radius 2 is 1.85 bits per heavy atom. The molecule has 1 saturated heterocycles. The Labute approximate surface area is 196 Å². The molecule has 0 spiro atoms. The molecule has 2 atom stereocenters. The molecule has 2 unspecified atom stereocenters. The van der Waals surface area contributed by atoms with Gasteiger partial charge in [-0.1, -0.05) is 13.8 Å². The fourth-order valence-electron chi connectivity index (χ4n) is 4.48. The van der Waals surface area contributed by atoms with E-state index in [2.05, 4.69) is 19.2 Å². The lowest BCUT2D eigenvalue weighted by molar-refractivity contribution is -0.384. The van der Waals surface area contributed by atoms with Gasteiger partial charge in [-0.25, -0.2) is 4.79 Å². The van der Waals surface area contributed by atoms with Crippen LogP contribution in [0.5, 0.6) is 5.75 Å². The first-order valence-corrected chi connectivity index (χ1v) is 11.0. The minimum absolute atomic E-state index is 0.00698. The number of piperidine rings is 1. The van der Waals surface area contributed by atoms with Gasteiger partial charge < -0.3 is 19.7 Å². The molecule has 1 amide bonds. The zero-order chi connectivity index (χ0) is 24.4. The smallest absolute Gasteiger partial charge is 0.338 e. The predicted molar refractivity (Wildman–Crippen MR) is 123 cm³/mol. The lowest BCUT2D eigenvalue weighted by atomic mass is 9.91. The fraction of sp³-hybridized carbons (Fsp3) is 0.375. The lowest BCUT2D eigenvalue weighted by Crippen LogP contribution is -2.39. The van der Waals surface area contributed by atoms with Crippen molar-refractivity contribution in [2.45, 2.75) is 20.3 Å². The number of nitrogens with zero attached hydrogens (tertiary/aromatic N) is 2. The molecule has 0 bridgehead atoms. The zero-order valence-corrected chi connectivity index (χ0v) is 18.9. The lowest BCUT2D eigenvalue weighted by Gasteiger charge is -2.36. The summed E-state index contributed by atoms with van der Waals surface area (Å²) in [6, 6.07) is 8.74. The predicted octanol–water partition coefficient (Wildman–Crippen LogP) is 3.45. The number of rotatable bonds is 6. The van der Waals surface area contributed by atoms with Crippen LogP contribution in [0.4, 0.5) is 17.1 Å². The number of amides is 1. The van der Waals surface area contributed by atoms with E-state index >= 15 is 0 Å². The van der Waals surface area contributed by atoms with Crippen LogP contribution in [-0.2, 0) is 9.53 Å². The molecule has 0 aliphatic carbocycles. The minimum atomic E-state index is -0.835. The molecule has 10 nitrogen and oxygen atoms in total. The van der Waals surface area contributed by atoms with E-state index in [1.54, 1.807) is 12.1 Å². The van der Waals surface area contributed by atoms with Gasteiger partial charge in [-0.05, 0) is 48.6 Å². The van der Waals surface area contributed by atoms with E-state index in [0.29, 0.717) is 42.0 Å². The summed E-state index contributed by atoms with van der Waals surface area (Å²) in [4.78, 5) is 49.7. The van der Waals surface area contributed by atoms with Gasteiger partial charge in [0.1, 0.15) is 11.4 Å². The molecular formula is C24H25N3O7. The van der Waals surface area contributed by atoms with Crippen molar-refractivity contribution >= 4 is 34.7 Å². The molecule has 2 aromatic rings. The monoisotopic (exact) mass is 467 g/mol. The maximum Gasteiger partial charge on any atom is 0.338 e. The number of benzene rings is 2. The summed E-state index contributed by atoms with van der Waals surface area (Å²) >= 11 is 0. The van der Waals surface area contributed by atoms with Crippen LogP contribution in [0.15, 0.2) is 36.4 Å². The average molecular weight is 467 g/mol. The van der Waals surface area contributed by atoms with Crippen LogP contribution in [-0.4, -0.2) is 48.9 Å². The van der Waals surface area contributed by atoms with Gasteiger partial charge in [-0.3, -0.25) is 19.7 Å². The number of carbonyl (C=O) groups excluding carboxylic acids is 3. The normalized spacial score (nSPS) is 19.5. The Morgan fingerprint density at radius 3 is 2.56 bits per heavy atom. The maximum atomic E-state index is 12.5. The molecule has 2 aliphatic heterocycles. The van der Waals surface area contributed by atoms with Crippen molar-refractivity contribution in [2.75, 3.05) is 36.5 Å². The molecule has 2 aliphatic rings. The van der Waals surface area contributed by atoms with Crippen LogP contribution in [0.1, 0.15) is 41.0 Å². The van der Waals surface area contributed by atoms with Gasteiger partial charge in [0.25, 0.3) is 11.6 Å². The number of nitro groups is 1. The molecule has 34 heavy (non-hydrogen) atoms. The molecule has 0 radical (unpaired) electrons. The molecule has 10 heteroatoms. The summed E-state index contributed by atoms with van der Waals surface area (Å²) in [5.41, 5.74) is 0.877. The highest BCUT2D eigenvalue weighted by molar-refractivity contribution is 6.02. The van der Waals surface area contributed by atoms with Gasteiger partial charge in [0, 0.05) is 24.7 Å². The Morgan fingerprint density at radius 1 is 1.15 bits per heavy atom. The first-order chi connectivity index (χ1) is 16.2. The van der Waals surface area contributed by atoms with Gasteiger partial charge in [0.15, 0.2) is 19.0 Å². The fourth-order valence-corrected chi connectivity index (χ4v) is 4.48. The van der Waals surface area contributed by atoms with E-state index in [0.717, 1.165) is 6.42 Å². The third-order valence-corrected chi connectivity index (χ3v) is 5.89. The Kier molecular flexibility index (Phi) is 6.49. The first kappa shape index (κ1) is 23.2. The summed E-state index contributed by atoms with van der Waals surface area (Å²) in [6.45, 7) is 4.98. The van der Waals surface area contributed by atoms with Crippen LogP contribution in [0.25, 0.3) is 0 Å².